The van der Waals surface area contributed by atoms with Crippen LogP contribution in [-0.4, -0.2) is 42.6 Å². The number of pyridine rings is 1. The molecule has 1 aromatic carbocycles. The van der Waals surface area contributed by atoms with Crippen LogP contribution >= 0.6 is 11.6 Å². The van der Waals surface area contributed by atoms with E-state index in [2.05, 4.69) is 47.7 Å². The normalized spacial score (nSPS) is 22.9. The van der Waals surface area contributed by atoms with Crippen LogP contribution < -0.4 is 10.6 Å². The van der Waals surface area contributed by atoms with Gasteiger partial charge in [0.2, 0.25) is 0 Å². The molecular weight excluding hydrogens is 410 g/mol. The van der Waals surface area contributed by atoms with Crippen molar-refractivity contribution in [2.24, 2.45) is 11.8 Å². The molecule has 2 aliphatic rings. The Hall–Kier alpha value is -1.95. The van der Waals surface area contributed by atoms with E-state index < -0.39 is 0 Å². The molecule has 0 radical (unpaired) electrons. The van der Waals surface area contributed by atoms with Crippen LogP contribution in [0.5, 0.6) is 0 Å². The summed E-state index contributed by atoms with van der Waals surface area (Å²) in [7, 11) is 0. The molecular formula is C25H32ClN3O2. The molecule has 0 bridgehead atoms. The van der Waals surface area contributed by atoms with E-state index in [1.54, 1.807) is 6.20 Å². The lowest BCUT2D eigenvalue weighted by Crippen LogP contribution is -2.36. The summed E-state index contributed by atoms with van der Waals surface area (Å²) in [6, 6.07) is 10.3. The summed E-state index contributed by atoms with van der Waals surface area (Å²) in [4.78, 5) is 17.0. The zero-order valence-electron chi connectivity index (χ0n) is 18.4. The van der Waals surface area contributed by atoms with Gasteiger partial charge in [0.25, 0.3) is 0 Å². The van der Waals surface area contributed by atoms with Gasteiger partial charge in [0, 0.05) is 55.2 Å². The minimum absolute atomic E-state index is 0.0423. The van der Waals surface area contributed by atoms with Crippen molar-refractivity contribution in [2.75, 3.05) is 31.6 Å². The van der Waals surface area contributed by atoms with Crippen LogP contribution in [0.4, 0.5) is 5.69 Å². The van der Waals surface area contributed by atoms with E-state index in [0.717, 1.165) is 68.0 Å². The lowest BCUT2D eigenvalue weighted by atomic mass is 9.88. The topological polar surface area (TPSA) is 63.2 Å². The van der Waals surface area contributed by atoms with Crippen molar-refractivity contribution in [1.82, 2.24) is 10.3 Å². The van der Waals surface area contributed by atoms with Crippen LogP contribution in [0.15, 0.2) is 36.5 Å². The van der Waals surface area contributed by atoms with Gasteiger partial charge in [-0.05, 0) is 69.3 Å². The van der Waals surface area contributed by atoms with E-state index in [1.807, 2.05) is 12.1 Å². The summed E-state index contributed by atoms with van der Waals surface area (Å²) in [5.74, 6) is 0.948. The standard InChI is InChI=1S/C25H32ClN3O2/c1-25(2)13-17(7-9-31-25)14-28-20-5-3-4-18(10-20)22-11-21(29-16-23(22)26)12-24(30)19-6-8-27-15-19/h3-5,10-11,16-17,19,27-28H,6-9,12-15H2,1-2H3/t17-,19+/m0/s1. The number of anilines is 1. The Labute approximate surface area is 189 Å². The fourth-order valence-electron chi connectivity index (χ4n) is 4.64. The quantitative estimate of drug-likeness (QED) is 0.649. The van der Waals surface area contributed by atoms with Crippen molar-refractivity contribution in [1.29, 1.82) is 0 Å². The molecule has 2 N–H and O–H groups in total. The van der Waals surface area contributed by atoms with Gasteiger partial charge in [-0.1, -0.05) is 23.7 Å². The first-order valence-electron chi connectivity index (χ1n) is 11.3. The van der Waals surface area contributed by atoms with E-state index in [4.69, 9.17) is 16.3 Å². The van der Waals surface area contributed by atoms with Gasteiger partial charge in [-0.25, -0.2) is 0 Å². The summed E-state index contributed by atoms with van der Waals surface area (Å²) in [6.07, 6.45) is 5.08. The summed E-state index contributed by atoms with van der Waals surface area (Å²) >= 11 is 6.49. The molecule has 0 unspecified atom stereocenters. The maximum Gasteiger partial charge on any atom is 0.143 e. The number of benzene rings is 1. The van der Waals surface area contributed by atoms with E-state index >= 15 is 0 Å². The summed E-state index contributed by atoms with van der Waals surface area (Å²) in [6.45, 7) is 7.77. The van der Waals surface area contributed by atoms with E-state index in [0.29, 0.717) is 17.4 Å². The third-order valence-corrected chi connectivity index (χ3v) is 6.65. The minimum atomic E-state index is -0.0423. The summed E-state index contributed by atoms with van der Waals surface area (Å²) in [5.41, 5.74) is 3.75. The third kappa shape index (κ3) is 5.85. The number of hydrogen-bond donors (Lipinski definition) is 2. The van der Waals surface area contributed by atoms with Crippen LogP contribution in [-0.2, 0) is 16.0 Å². The molecule has 31 heavy (non-hydrogen) atoms. The van der Waals surface area contributed by atoms with Gasteiger partial charge < -0.3 is 15.4 Å². The van der Waals surface area contributed by atoms with E-state index in [9.17, 15) is 4.79 Å². The number of Topliss-reactive ketones (excluding diaryl/α,β-unsaturated/α-hetero) is 1. The number of carbonyl (C=O) groups is 1. The molecule has 5 nitrogen and oxygen atoms in total. The third-order valence-electron chi connectivity index (χ3n) is 6.35. The van der Waals surface area contributed by atoms with Crippen molar-refractivity contribution >= 4 is 23.1 Å². The van der Waals surface area contributed by atoms with Crippen LogP contribution in [0.25, 0.3) is 11.1 Å². The molecule has 0 aliphatic carbocycles. The highest BCUT2D eigenvalue weighted by atomic mass is 35.5. The van der Waals surface area contributed by atoms with Gasteiger partial charge in [-0.3, -0.25) is 9.78 Å². The van der Waals surface area contributed by atoms with Gasteiger partial charge in [-0.15, -0.1) is 0 Å². The van der Waals surface area contributed by atoms with Gasteiger partial charge in [0.1, 0.15) is 5.78 Å². The number of nitrogens with zero attached hydrogens (tertiary/aromatic N) is 1. The number of nitrogens with one attached hydrogen (secondary N) is 2. The van der Waals surface area contributed by atoms with Crippen LogP contribution in [0.1, 0.15) is 38.8 Å². The maximum absolute atomic E-state index is 12.6. The Balaban J connectivity index is 1.44. The largest absolute Gasteiger partial charge is 0.385 e. The zero-order valence-corrected chi connectivity index (χ0v) is 19.2. The van der Waals surface area contributed by atoms with Crippen molar-refractivity contribution < 1.29 is 9.53 Å². The average molecular weight is 442 g/mol. The first-order valence-corrected chi connectivity index (χ1v) is 11.6. The molecule has 2 saturated heterocycles. The second kappa shape index (κ2) is 9.68. The maximum atomic E-state index is 12.6. The molecule has 0 spiro atoms. The van der Waals surface area contributed by atoms with Gasteiger partial charge in [0.15, 0.2) is 0 Å². The Morgan fingerprint density at radius 2 is 2.19 bits per heavy atom. The first kappa shape index (κ1) is 22.3. The van der Waals surface area contributed by atoms with Gasteiger partial charge in [0.05, 0.1) is 10.6 Å². The highest BCUT2D eigenvalue weighted by Crippen LogP contribution is 2.31. The molecule has 4 rings (SSSR count). The highest BCUT2D eigenvalue weighted by Gasteiger charge is 2.28. The number of ketones is 1. The average Bonchev–Trinajstić information content (AvgIpc) is 3.28. The zero-order chi connectivity index (χ0) is 21.8. The molecule has 0 saturated carbocycles. The SMILES string of the molecule is CC1(C)C[C@@H](CNc2cccc(-c3cc(CC(=O)[C@@H]4CCNC4)ncc3Cl)c2)CCO1. The molecule has 2 atom stereocenters. The second-order valence-electron chi connectivity index (χ2n) is 9.42. The van der Waals surface area contributed by atoms with Crippen molar-refractivity contribution in [3.05, 3.63) is 47.2 Å². The summed E-state index contributed by atoms with van der Waals surface area (Å²) < 4.78 is 5.83. The van der Waals surface area contributed by atoms with Crippen LogP contribution in [0, 0.1) is 11.8 Å². The van der Waals surface area contributed by atoms with Crippen LogP contribution in [0.3, 0.4) is 0 Å². The van der Waals surface area contributed by atoms with Gasteiger partial charge in [-0.2, -0.15) is 0 Å². The monoisotopic (exact) mass is 441 g/mol. The van der Waals surface area contributed by atoms with Crippen molar-refractivity contribution in [2.45, 2.75) is 45.1 Å². The molecule has 0 amide bonds. The Kier molecular flexibility index (Phi) is 6.95. The number of carbonyl (C=O) groups excluding carboxylic acids is 1. The predicted octanol–water partition coefficient (Wildman–Crippen LogP) is 4.74. The predicted molar refractivity (Wildman–Crippen MR) is 126 cm³/mol. The van der Waals surface area contributed by atoms with E-state index in [1.165, 1.54) is 0 Å². The van der Waals surface area contributed by atoms with Crippen LogP contribution in [0.2, 0.25) is 5.02 Å². The first-order chi connectivity index (χ1) is 14.9. The smallest absolute Gasteiger partial charge is 0.143 e. The number of ether oxygens (including phenoxy) is 1. The Morgan fingerprint density at radius 3 is 2.97 bits per heavy atom. The van der Waals surface area contributed by atoms with E-state index in [-0.39, 0.29) is 17.3 Å². The van der Waals surface area contributed by atoms with Crippen molar-refractivity contribution in [3.63, 3.8) is 0 Å². The molecule has 2 aliphatic heterocycles. The fourth-order valence-corrected chi connectivity index (χ4v) is 4.86. The molecule has 2 fully saturated rings. The number of aromatic nitrogens is 1. The summed E-state index contributed by atoms with van der Waals surface area (Å²) in [5, 5.41) is 7.44. The molecule has 6 heteroatoms. The second-order valence-corrected chi connectivity index (χ2v) is 9.82. The lowest BCUT2D eigenvalue weighted by Gasteiger charge is -2.35. The molecule has 1 aromatic heterocycles. The van der Waals surface area contributed by atoms with Crippen molar-refractivity contribution in [3.8, 4) is 11.1 Å². The number of hydrogen-bond acceptors (Lipinski definition) is 5. The minimum Gasteiger partial charge on any atom is -0.385 e. The Morgan fingerprint density at radius 1 is 1.32 bits per heavy atom. The lowest BCUT2D eigenvalue weighted by molar-refractivity contribution is -0.121. The highest BCUT2D eigenvalue weighted by molar-refractivity contribution is 6.33. The van der Waals surface area contributed by atoms with Gasteiger partial charge >= 0.3 is 0 Å². The molecule has 3 heterocycles. The Bertz CT molecular complexity index is 925. The fraction of sp³-hybridized carbons (Fsp3) is 0.520. The molecule has 2 aromatic rings. The molecule has 166 valence electrons. The number of halogens is 1. The number of rotatable bonds is 7.